The summed E-state index contributed by atoms with van der Waals surface area (Å²) in [5.74, 6) is -0.529. The molecule has 0 aromatic rings. The van der Waals surface area contributed by atoms with Crippen LogP contribution in [0.2, 0.25) is 0 Å². The maximum Gasteiger partial charge on any atom is 0.310 e. The molecule has 1 aliphatic rings. The average Bonchev–Trinajstić information content (AvgIpc) is 2.42. The van der Waals surface area contributed by atoms with Gasteiger partial charge >= 0.3 is 5.97 Å². The first kappa shape index (κ1) is 14.9. The highest BCUT2D eigenvalue weighted by molar-refractivity contribution is 5.79. The first-order valence-electron chi connectivity index (χ1n) is 6.11. The van der Waals surface area contributed by atoms with Gasteiger partial charge in [-0.1, -0.05) is 0 Å². The van der Waals surface area contributed by atoms with E-state index in [4.69, 9.17) is 14.2 Å². The predicted octanol–water partition coefficient (Wildman–Crippen LogP) is 0.0610. The number of carbonyl (C=O) groups excluding carboxylic acids is 2. The molecule has 0 bridgehead atoms. The molecule has 0 aromatic carbocycles. The van der Waals surface area contributed by atoms with E-state index in [0.29, 0.717) is 26.3 Å². The molecule has 0 aromatic heterocycles. The lowest BCUT2D eigenvalue weighted by atomic mass is 9.98. The molecular formula is C12H21NO5. The van der Waals surface area contributed by atoms with Crippen LogP contribution in [0.3, 0.4) is 0 Å². The molecule has 1 aliphatic heterocycles. The van der Waals surface area contributed by atoms with Crippen LogP contribution in [0.15, 0.2) is 0 Å². The van der Waals surface area contributed by atoms with E-state index in [1.54, 1.807) is 12.0 Å². The van der Waals surface area contributed by atoms with Crippen molar-refractivity contribution < 1.29 is 23.8 Å². The number of hydrogen-bond donors (Lipinski definition) is 0. The third kappa shape index (κ3) is 4.62. The summed E-state index contributed by atoms with van der Waals surface area (Å²) in [7, 11) is 2.95. The average molecular weight is 259 g/mol. The second-order valence-electron chi connectivity index (χ2n) is 4.25. The van der Waals surface area contributed by atoms with Gasteiger partial charge in [0, 0.05) is 20.2 Å². The number of esters is 1. The number of carbonyl (C=O) groups is 2. The Labute approximate surface area is 107 Å². The van der Waals surface area contributed by atoms with Crippen molar-refractivity contribution in [2.45, 2.75) is 12.8 Å². The molecule has 6 nitrogen and oxygen atoms in total. The zero-order valence-corrected chi connectivity index (χ0v) is 11.0. The van der Waals surface area contributed by atoms with E-state index in [0.717, 1.165) is 12.8 Å². The fourth-order valence-electron chi connectivity index (χ4n) is 1.96. The van der Waals surface area contributed by atoms with E-state index in [1.165, 1.54) is 7.11 Å². The van der Waals surface area contributed by atoms with Crippen LogP contribution in [0.5, 0.6) is 0 Å². The summed E-state index contributed by atoms with van der Waals surface area (Å²) in [5.41, 5.74) is 0. The molecule has 1 rings (SSSR count). The Morgan fingerprint density at radius 1 is 1.28 bits per heavy atom. The van der Waals surface area contributed by atoms with E-state index >= 15 is 0 Å². The molecule has 104 valence electrons. The number of piperidine rings is 1. The first-order chi connectivity index (χ1) is 8.69. The van der Waals surface area contributed by atoms with Crippen LogP contribution < -0.4 is 0 Å². The van der Waals surface area contributed by atoms with E-state index in [-0.39, 0.29) is 24.4 Å². The quantitative estimate of drug-likeness (QED) is 0.498. The summed E-state index contributed by atoms with van der Waals surface area (Å²) < 4.78 is 14.7. The van der Waals surface area contributed by atoms with Gasteiger partial charge in [-0.3, -0.25) is 9.59 Å². The fraction of sp³-hybridized carbons (Fsp3) is 0.833. The van der Waals surface area contributed by atoms with Gasteiger partial charge in [-0.25, -0.2) is 0 Å². The maximum atomic E-state index is 11.8. The summed E-state index contributed by atoms with van der Waals surface area (Å²) in [6, 6.07) is 0. The Morgan fingerprint density at radius 2 is 2.06 bits per heavy atom. The van der Waals surface area contributed by atoms with Gasteiger partial charge in [0.2, 0.25) is 5.91 Å². The molecule has 0 aliphatic carbocycles. The van der Waals surface area contributed by atoms with Crippen molar-refractivity contribution in [1.29, 1.82) is 0 Å². The Hall–Kier alpha value is -1.14. The minimum absolute atomic E-state index is 0.0389. The molecule has 1 amide bonds. The van der Waals surface area contributed by atoms with Crippen molar-refractivity contribution in [2.24, 2.45) is 5.92 Å². The molecule has 1 fully saturated rings. The first-order valence-corrected chi connectivity index (χ1v) is 6.11. The van der Waals surface area contributed by atoms with E-state index in [1.807, 2.05) is 0 Å². The highest BCUT2D eigenvalue weighted by Gasteiger charge is 2.28. The Bertz CT molecular complexity index is 282. The summed E-state index contributed by atoms with van der Waals surface area (Å²) in [6.45, 7) is 2.02. The monoisotopic (exact) mass is 259 g/mol. The van der Waals surface area contributed by atoms with Crippen LogP contribution in [-0.4, -0.2) is 63.9 Å². The molecule has 6 heteroatoms. The molecule has 1 saturated heterocycles. The van der Waals surface area contributed by atoms with Crippen molar-refractivity contribution in [3.63, 3.8) is 0 Å². The van der Waals surface area contributed by atoms with Gasteiger partial charge in [0.15, 0.2) is 0 Å². The number of ether oxygens (including phenoxy) is 3. The van der Waals surface area contributed by atoms with Crippen LogP contribution in [0.4, 0.5) is 0 Å². The number of hydrogen-bond acceptors (Lipinski definition) is 5. The van der Waals surface area contributed by atoms with Crippen LogP contribution >= 0.6 is 0 Å². The second-order valence-corrected chi connectivity index (χ2v) is 4.25. The smallest absolute Gasteiger partial charge is 0.310 e. The molecule has 0 radical (unpaired) electrons. The predicted molar refractivity (Wildman–Crippen MR) is 64.0 cm³/mol. The summed E-state index contributed by atoms with van der Waals surface area (Å²) in [4.78, 5) is 24.9. The minimum Gasteiger partial charge on any atom is -0.469 e. The largest absolute Gasteiger partial charge is 0.469 e. The van der Waals surface area contributed by atoms with Gasteiger partial charge in [0.1, 0.15) is 6.61 Å². The third-order valence-corrected chi connectivity index (χ3v) is 2.97. The minimum atomic E-state index is -0.243. The molecule has 0 spiro atoms. The lowest BCUT2D eigenvalue weighted by Gasteiger charge is -2.31. The Kier molecular flexibility index (Phi) is 6.67. The lowest BCUT2D eigenvalue weighted by molar-refractivity contribution is -0.150. The van der Waals surface area contributed by atoms with E-state index in [2.05, 4.69) is 0 Å². The third-order valence-electron chi connectivity index (χ3n) is 2.97. The van der Waals surface area contributed by atoms with Gasteiger partial charge in [-0.05, 0) is 12.8 Å². The summed E-state index contributed by atoms with van der Waals surface area (Å²) in [5, 5.41) is 0. The van der Waals surface area contributed by atoms with Gasteiger partial charge in [-0.2, -0.15) is 0 Å². The SMILES string of the molecule is COCCOCC(=O)N1CCC[C@H](C(=O)OC)C1. The van der Waals surface area contributed by atoms with Crippen molar-refractivity contribution in [2.75, 3.05) is 47.1 Å². The molecule has 1 heterocycles. The van der Waals surface area contributed by atoms with Crippen molar-refractivity contribution in [1.82, 2.24) is 4.90 Å². The summed E-state index contributed by atoms with van der Waals surface area (Å²) in [6.07, 6.45) is 1.60. The standard InChI is InChI=1S/C12H21NO5/c1-16-6-7-18-9-11(14)13-5-3-4-10(8-13)12(15)17-2/h10H,3-9H2,1-2H3/t10-/m0/s1. The molecule has 1 atom stereocenters. The van der Waals surface area contributed by atoms with E-state index < -0.39 is 0 Å². The molecule has 18 heavy (non-hydrogen) atoms. The molecule has 0 saturated carbocycles. The van der Waals surface area contributed by atoms with Gasteiger partial charge in [-0.15, -0.1) is 0 Å². The van der Waals surface area contributed by atoms with Crippen molar-refractivity contribution >= 4 is 11.9 Å². The van der Waals surface area contributed by atoms with Crippen molar-refractivity contribution in [3.8, 4) is 0 Å². The molecular weight excluding hydrogens is 238 g/mol. The van der Waals surface area contributed by atoms with Gasteiger partial charge in [0.05, 0.1) is 26.2 Å². The van der Waals surface area contributed by atoms with Crippen LogP contribution in [0.25, 0.3) is 0 Å². The van der Waals surface area contributed by atoms with E-state index in [9.17, 15) is 9.59 Å². The molecule has 0 N–H and O–H groups in total. The highest BCUT2D eigenvalue weighted by atomic mass is 16.5. The lowest BCUT2D eigenvalue weighted by Crippen LogP contribution is -2.44. The summed E-state index contributed by atoms with van der Waals surface area (Å²) >= 11 is 0. The van der Waals surface area contributed by atoms with Gasteiger partial charge < -0.3 is 19.1 Å². The van der Waals surface area contributed by atoms with Crippen LogP contribution in [0, 0.1) is 5.92 Å². The number of methoxy groups -OCH3 is 2. The maximum absolute atomic E-state index is 11.8. The Morgan fingerprint density at radius 3 is 2.72 bits per heavy atom. The molecule has 0 unspecified atom stereocenters. The number of likely N-dealkylation sites (tertiary alicyclic amines) is 1. The van der Waals surface area contributed by atoms with Crippen LogP contribution in [-0.2, 0) is 23.8 Å². The second kappa shape index (κ2) is 8.05. The topological polar surface area (TPSA) is 65.1 Å². The Balaban J connectivity index is 2.31. The number of amides is 1. The van der Waals surface area contributed by atoms with Crippen molar-refractivity contribution in [3.05, 3.63) is 0 Å². The normalized spacial score (nSPS) is 19.7. The highest BCUT2D eigenvalue weighted by Crippen LogP contribution is 2.17. The van der Waals surface area contributed by atoms with Crippen LogP contribution in [0.1, 0.15) is 12.8 Å². The number of rotatable bonds is 6. The number of nitrogens with zero attached hydrogens (tertiary/aromatic N) is 1. The van der Waals surface area contributed by atoms with Gasteiger partial charge in [0.25, 0.3) is 0 Å². The fourth-order valence-corrected chi connectivity index (χ4v) is 1.96. The zero-order valence-electron chi connectivity index (χ0n) is 11.0. The zero-order chi connectivity index (χ0) is 13.4.